The Labute approximate surface area is 114 Å². The van der Waals surface area contributed by atoms with Gasteiger partial charge >= 0.3 is 5.97 Å². The number of hydrogen-bond acceptors (Lipinski definition) is 3. The molecule has 0 atom stereocenters. The Morgan fingerprint density at radius 2 is 2.17 bits per heavy atom. The molecule has 0 saturated heterocycles. The van der Waals surface area contributed by atoms with Crippen molar-refractivity contribution in [2.24, 2.45) is 0 Å². The van der Waals surface area contributed by atoms with Crippen molar-refractivity contribution in [1.82, 2.24) is 0 Å². The van der Waals surface area contributed by atoms with Crippen LogP contribution in [0, 0.1) is 5.21 Å². The number of halogens is 1. The summed E-state index contributed by atoms with van der Waals surface area (Å²) >= 11 is 3.32. The van der Waals surface area contributed by atoms with E-state index in [0.717, 1.165) is 34.8 Å². The molecule has 6 heteroatoms. The number of nitrogens with two attached hydrogens (primary N) is 1. The highest BCUT2D eigenvalue weighted by Crippen LogP contribution is 2.46. The van der Waals surface area contributed by atoms with Gasteiger partial charge in [0.05, 0.1) is 12.5 Å². The SMILES string of the molecule is COC(=O)C1(c2ccc(Br)cc2[NH2+][O-])CCC1.O. The molecule has 0 bridgehead atoms. The van der Waals surface area contributed by atoms with Crippen LogP contribution in [0.1, 0.15) is 24.8 Å². The summed E-state index contributed by atoms with van der Waals surface area (Å²) in [5, 5.41) is 11.1. The highest BCUT2D eigenvalue weighted by atomic mass is 79.9. The molecule has 0 aliphatic heterocycles. The molecule has 1 fully saturated rings. The summed E-state index contributed by atoms with van der Waals surface area (Å²) in [6.45, 7) is 0. The second kappa shape index (κ2) is 5.79. The summed E-state index contributed by atoms with van der Waals surface area (Å²) in [6.07, 6.45) is 2.49. The van der Waals surface area contributed by atoms with E-state index < -0.39 is 5.41 Å². The largest absolute Gasteiger partial charge is 0.630 e. The highest BCUT2D eigenvalue weighted by Gasteiger charge is 2.48. The number of benzene rings is 1. The standard InChI is InChI=1S/C12H14BrNO3.H2O/c1-17-11(15)12(5-2-6-12)9-4-3-8(13)7-10(9)14-16;/h3-4,7H,2,5-6,14H2,1H3;1H2. The molecule has 5 nitrogen and oxygen atoms in total. The Bertz CT molecular complexity index is 446. The number of esters is 1. The van der Waals surface area contributed by atoms with Gasteiger partial charge in [0.1, 0.15) is 5.69 Å². The van der Waals surface area contributed by atoms with Crippen molar-refractivity contribution >= 4 is 27.6 Å². The van der Waals surface area contributed by atoms with Gasteiger partial charge < -0.3 is 20.9 Å². The molecule has 4 N–H and O–H groups in total. The van der Waals surface area contributed by atoms with Crippen molar-refractivity contribution in [1.29, 1.82) is 0 Å². The summed E-state index contributed by atoms with van der Waals surface area (Å²) in [6, 6.07) is 5.43. The zero-order valence-corrected chi connectivity index (χ0v) is 11.6. The molecule has 0 unspecified atom stereocenters. The van der Waals surface area contributed by atoms with E-state index in [-0.39, 0.29) is 11.4 Å². The minimum atomic E-state index is -0.605. The number of rotatable bonds is 3. The third-order valence-electron chi connectivity index (χ3n) is 3.44. The van der Waals surface area contributed by atoms with Gasteiger partial charge in [-0.3, -0.25) is 4.79 Å². The molecule has 1 aliphatic rings. The minimum absolute atomic E-state index is 0. The average molecular weight is 318 g/mol. The summed E-state index contributed by atoms with van der Waals surface area (Å²) in [4.78, 5) is 11.9. The smallest absolute Gasteiger partial charge is 0.316 e. The lowest BCUT2D eigenvalue weighted by molar-refractivity contribution is -0.498. The van der Waals surface area contributed by atoms with Gasteiger partial charge in [-0.25, -0.2) is 0 Å². The first-order valence-electron chi connectivity index (χ1n) is 5.47. The lowest BCUT2D eigenvalue weighted by atomic mass is 9.64. The van der Waals surface area contributed by atoms with Crippen LogP contribution in [0.2, 0.25) is 0 Å². The fraction of sp³-hybridized carbons (Fsp3) is 0.417. The molecule has 1 aliphatic carbocycles. The van der Waals surface area contributed by atoms with Crippen LogP contribution in [0.15, 0.2) is 22.7 Å². The molecule has 1 aromatic rings. The van der Waals surface area contributed by atoms with Gasteiger partial charge in [-0.1, -0.05) is 28.4 Å². The first-order chi connectivity index (χ1) is 8.14. The zero-order chi connectivity index (χ0) is 12.5. The normalized spacial score (nSPS) is 16.4. The Morgan fingerprint density at radius 3 is 2.61 bits per heavy atom. The monoisotopic (exact) mass is 317 g/mol. The maximum atomic E-state index is 11.9. The molecule has 100 valence electrons. The van der Waals surface area contributed by atoms with Crippen LogP contribution in [0.25, 0.3) is 0 Å². The molecule has 0 aromatic heterocycles. The maximum absolute atomic E-state index is 11.9. The molecule has 1 aromatic carbocycles. The summed E-state index contributed by atoms with van der Waals surface area (Å²) in [5.41, 5.74) is 1.53. The van der Waals surface area contributed by atoms with Crippen LogP contribution in [-0.2, 0) is 14.9 Å². The number of carbonyl (C=O) groups excluding carboxylic acids is 1. The predicted molar refractivity (Wildman–Crippen MR) is 70.3 cm³/mol. The first kappa shape index (κ1) is 15.1. The molecular weight excluding hydrogens is 302 g/mol. The van der Waals surface area contributed by atoms with Crippen LogP contribution < -0.4 is 5.48 Å². The zero-order valence-electron chi connectivity index (χ0n) is 10.0. The minimum Gasteiger partial charge on any atom is -0.630 e. The summed E-state index contributed by atoms with van der Waals surface area (Å²) in [5.74, 6) is -0.242. The van der Waals surface area contributed by atoms with Crippen LogP contribution in [0.5, 0.6) is 0 Å². The third kappa shape index (κ3) is 2.29. The molecule has 0 amide bonds. The summed E-state index contributed by atoms with van der Waals surface area (Å²) in [7, 11) is 1.39. The van der Waals surface area contributed by atoms with Crippen LogP contribution >= 0.6 is 15.9 Å². The van der Waals surface area contributed by atoms with E-state index in [4.69, 9.17) is 4.74 Å². The number of methoxy groups -OCH3 is 1. The van der Waals surface area contributed by atoms with E-state index in [9.17, 15) is 10.0 Å². The molecular formula is C12H16BrNO4. The molecule has 0 spiro atoms. The van der Waals surface area contributed by atoms with Crippen molar-refractivity contribution in [3.05, 3.63) is 33.4 Å². The molecule has 0 radical (unpaired) electrons. The number of carbonyl (C=O) groups is 1. The fourth-order valence-corrected chi connectivity index (χ4v) is 2.75. The van der Waals surface area contributed by atoms with Gasteiger partial charge in [0.25, 0.3) is 0 Å². The number of quaternary nitrogens is 1. The van der Waals surface area contributed by atoms with E-state index in [1.54, 1.807) is 6.07 Å². The third-order valence-corrected chi connectivity index (χ3v) is 3.93. The van der Waals surface area contributed by atoms with Gasteiger partial charge in [-0.15, -0.1) is 0 Å². The second-order valence-electron chi connectivity index (χ2n) is 4.28. The van der Waals surface area contributed by atoms with Crippen LogP contribution in [-0.4, -0.2) is 18.6 Å². The Balaban J connectivity index is 0.00000162. The van der Waals surface area contributed by atoms with E-state index in [2.05, 4.69) is 15.9 Å². The van der Waals surface area contributed by atoms with Gasteiger partial charge in [-0.05, 0) is 18.9 Å². The Morgan fingerprint density at radius 1 is 1.50 bits per heavy atom. The first-order valence-corrected chi connectivity index (χ1v) is 6.27. The molecule has 0 heterocycles. The number of ether oxygens (including phenoxy) is 1. The Kier molecular flexibility index (Phi) is 4.86. The van der Waals surface area contributed by atoms with Gasteiger partial charge in [0.2, 0.25) is 0 Å². The lowest BCUT2D eigenvalue weighted by Gasteiger charge is -2.39. The van der Waals surface area contributed by atoms with Crippen molar-refractivity contribution in [2.75, 3.05) is 7.11 Å². The summed E-state index contributed by atoms with van der Waals surface area (Å²) < 4.78 is 5.71. The van der Waals surface area contributed by atoms with Crippen molar-refractivity contribution < 1.29 is 20.5 Å². The highest BCUT2D eigenvalue weighted by molar-refractivity contribution is 9.10. The van der Waals surface area contributed by atoms with Crippen LogP contribution in [0.4, 0.5) is 5.69 Å². The predicted octanol–water partition coefficient (Wildman–Crippen LogP) is 0.912. The van der Waals surface area contributed by atoms with E-state index >= 15 is 0 Å². The molecule has 1 saturated carbocycles. The molecule has 18 heavy (non-hydrogen) atoms. The lowest BCUT2D eigenvalue weighted by Crippen LogP contribution is -2.71. The van der Waals surface area contributed by atoms with Gasteiger partial charge in [-0.2, -0.15) is 0 Å². The Hall–Kier alpha value is -0.950. The van der Waals surface area contributed by atoms with Crippen molar-refractivity contribution in [3.63, 3.8) is 0 Å². The maximum Gasteiger partial charge on any atom is 0.316 e. The van der Waals surface area contributed by atoms with E-state index in [0.29, 0.717) is 5.69 Å². The second-order valence-corrected chi connectivity index (χ2v) is 5.19. The van der Waals surface area contributed by atoms with E-state index in [1.807, 2.05) is 12.1 Å². The number of hydrogen-bond donors (Lipinski definition) is 1. The van der Waals surface area contributed by atoms with Crippen molar-refractivity contribution in [3.8, 4) is 0 Å². The van der Waals surface area contributed by atoms with Gasteiger partial charge in [0, 0.05) is 16.1 Å². The van der Waals surface area contributed by atoms with Crippen molar-refractivity contribution in [2.45, 2.75) is 24.7 Å². The molecule has 2 rings (SSSR count). The van der Waals surface area contributed by atoms with Crippen LogP contribution in [0.3, 0.4) is 0 Å². The quantitative estimate of drug-likeness (QED) is 0.509. The fourth-order valence-electron chi connectivity index (χ4n) is 2.38. The van der Waals surface area contributed by atoms with Gasteiger partial charge in [0.15, 0.2) is 0 Å². The topological polar surface area (TPSA) is 97.5 Å². The average Bonchev–Trinajstić information content (AvgIpc) is 2.29. The van der Waals surface area contributed by atoms with E-state index in [1.165, 1.54) is 7.11 Å².